The number of benzene rings is 2. The molecule has 2 N–H and O–H groups in total. The Hall–Kier alpha value is -3.05. The van der Waals surface area contributed by atoms with E-state index < -0.39 is 0 Å². The van der Waals surface area contributed by atoms with E-state index in [0.29, 0.717) is 18.2 Å². The van der Waals surface area contributed by atoms with Crippen molar-refractivity contribution in [2.75, 3.05) is 19.6 Å². The fourth-order valence-electron chi connectivity index (χ4n) is 4.32. The summed E-state index contributed by atoms with van der Waals surface area (Å²) in [6, 6.07) is 20.1. The van der Waals surface area contributed by atoms with Gasteiger partial charge in [0.05, 0.1) is 6.54 Å². The topological polar surface area (TPSA) is 61.3 Å². The van der Waals surface area contributed by atoms with Crippen LogP contribution in [0.4, 0.5) is 0 Å². The van der Waals surface area contributed by atoms with Gasteiger partial charge in [0.1, 0.15) is 17.0 Å². The SMILES string of the molecule is O=C(NC[C@H]1CCCN(Cc2cc3ccccc3o2)C1)c1cc2ccccc2[nH]1. The summed E-state index contributed by atoms with van der Waals surface area (Å²) in [5.41, 5.74) is 2.56. The van der Waals surface area contributed by atoms with Crippen LogP contribution in [0.2, 0.25) is 0 Å². The maximum absolute atomic E-state index is 12.6. The van der Waals surface area contributed by atoms with Gasteiger partial charge in [-0.15, -0.1) is 0 Å². The van der Waals surface area contributed by atoms with Gasteiger partial charge in [-0.25, -0.2) is 0 Å². The third-order valence-electron chi connectivity index (χ3n) is 5.78. The first-order valence-electron chi connectivity index (χ1n) is 10.3. The van der Waals surface area contributed by atoms with E-state index in [-0.39, 0.29) is 5.91 Å². The lowest BCUT2D eigenvalue weighted by atomic mass is 9.98. The molecule has 2 aromatic heterocycles. The van der Waals surface area contributed by atoms with Crippen LogP contribution in [0.3, 0.4) is 0 Å². The van der Waals surface area contributed by atoms with Crippen molar-refractivity contribution in [1.82, 2.24) is 15.2 Å². The summed E-state index contributed by atoms with van der Waals surface area (Å²) >= 11 is 0. The number of nitrogens with one attached hydrogen (secondary N) is 2. The predicted octanol–water partition coefficient (Wildman–Crippen LogP) is 4.56. The number of amides is 1. The second-order valence-electron chi connectivity index (χ2n) is 7.97. The molecule has 5 nitrogen and oxygen atoms in total. The Labute approximate surface area is 169 Å². The molecule has 1 fully saturated rings. The van der Waals surface area contributed by atoms with Gasteiger partial charge < -0.3 is 14.7 Å². The molecule has 5 rings (SSSR count). The fraction of sp³-hybridized carbons (Fsp3) is 0.292. The number of carbonyl (C=O) groups is 1. The number of furan rings is 1. The molecule has 0 unspecified atom stereocenters. The predicted molar refractivity (Wildman–Crippen MR) is 115 cm³/mol. The zero-order valence-corrected chi connectivity index (χ0v) is 16.4. The molecule has 2 aromatic carbocycles. The van der Waals surface area contributed by atoms with Gasteiger partial charge in [0.2, 0.25) is 0 Å². The third-order valence-corrected chi connectivity index (χ3v) is 5.78. The molecule has 1 amide bonds. The Morgan fingerprint density at radius 2 is 1.93 bits per heavy atom. The molecule has 0 aliphatic carbocycles. The number of hydrogen-bond donors (Lipinski definition) is 2. The highest BCUT2D eigenvalue weighted by atomic mass is 16.3. The second kappa shape index (κ2) is 7.76. The van der Waals surface area contributed by atoms with Crippen LogP contribution in [0, 0.1) is 5.92 Å². The normalized spacial score (nSPS) is 17.7. The highest BCUT2D eigenvalue weighted by Crippen LogP contribution is 2.23. The molecule has 29 heavy (non-hydrogen) atoms. The molecule has 1 aliphatic heterocycles. The van der Waals surface area contributed by atoms with Gasteiger partial charge in [0.25, 0.3) is 5.91 Å². The first-order valence-corrected chi connectivity index (χ1v) is 10.3. The standard InChI is InChI=1S/C24H25N3O2/c28-24(22-13-18-7-1-3-9-21(18)26-22)25-14-17-6-5-11-27(15-17)16-20-12-19-8-2-4-10-23(19)29-20/h1-4,7-10,12-13,17,26H,5-6,11,14-16H2,(H,25,28)/t17-/m1/s1. The molecule has 4 aromatic rings. The largest absolute Gasteiger partial charge is 0.460 e. The van der Waals surface area contributed by atoms with Gasteiger partial charge in [-0.05, 0) is 49.6 Å². The molecule has 148 valence electrons. The molecular weight excluding hydrogens is 362 g/mol. The Bertz CT molecular complexity index is 1080. The third kappa shape index (κ3) is 3.91. The van der Waals surface area contributed by atoms with E-state index in [9.17, 15) is 4.79 Å². The summed E-state index contributed by atoms with van der Waals surface area (Å²) < 4.78 is 5.98. The zero-order chi connectivity index (χ0) is 19.6. The minimum absolute atomic E-state index is 0.0318. The van der Waals surface area contributed by atoms with E-state index in [1.807, 2.05) is 48.5 Å². The number of piperidine rings is 1. The lowest BCUT2D eigenvalue weighted by molar-refractivity contribution is 0.0924. The van der Waals surface area contributed by atoms with E-state index >= 15 is 0 Å². The van der Waals surface area contributed by atoms with Gasteiger partial charge in [-0.1, -0.05) is 36.4 Å². The number of para-hydroxylation sites is 2. The summed E-state index contributed by atoms with van der Waals surface area (Å²) in [6.07, 6.45) is 2.29. The van der Waals surface area contributed by atoms with Crippen LogP contribution in [0.25, 0.3) is 21.9 Å². The van der Waals surface area contributed by atoms with Crippen LogP contribution in [0.1, 0.15) is 29.1 Å². The Kier molecular flexibility index (Phi) is 4.82. The number of nitrogens with zero attached hydrogens (tertiary/aromatic N) is 1. The maximum atomic E-state index is 12.6. The highest BCUT2D eigenvalue weighted by Gasteiger charge is 2.22. The molecule has 0 bridgehead atoms. The van der Waals surface area contributed by atoms with Crippen molar-refractivity contribution in [3.8, 4) is 0 Å². The van der Waals surface area contributed by atoms with Crippen LogP contribution in [-0.2, 0) is 6.54 Å². The van der Waals surface area contributed by atoms with Crippen LogP contribution >= 0.6 is 0 Å². The molecule has 1 atom stereocenters. The van der Waals surface area contributed by atoms with Gasteiger partial charge in [0.15, 0.2) is 0 Å². The van der Waals surface area contributed by atoms with Gasteiger partial charge in [-0.2, -0.15) is 0 Å². The van der Waals surface area contributed by atoms with Crippen molar-refractivity contribution in [2.24, 2.45) is 5.92 Å². The van der Waals surface area contributed by atoms with Crippen molar-refractivity contribution in [1.29, 1.82) is 0 Å². The number of likely N-dealkylation sites (tertiary alicyclic amines) is 1. The number of carbonyl (C=O) groups excluding carboxylic acids is 1. The van der Waals surface area contributed by atoms with Crippen molar-refractivity contribution in [2.45, 2.75) is 19.4 Å². The quantitative estimate of drug-likeness (QED) is 0.528. The number of aromatic nitrogens is 1. The van der Waals surface area contributed by atoms with E-state index in [1.54, 1.807) is 0 Å². The number of aromatic amines is 1. The van der Waals surface area contributed by atoms with Crippen LogP contribution < -0.4 is 5.32 Å². The first-order chi connectivity index (χ1) is 14.2. The van der Waals surface area contributed by atoms with Crippen molar-refractivity contribution < 1.29 is 9.21 Å². The smallest absolute Gasteiger partial charge is 0.267 e. The molecule has 0 saturated carbocycles. The number of fused-ring (bicyclic) bond motifs is 2. The molecule has 1 aliphatic rings. The Morgan fingerprint density at radius 1 is 1.10 bits per heavy atom. The minimum Gasteiger partial charge on any atom is -0.460 e. The van der Waals surface area contributed by atoms with Crippen LogP contribution in [0.5, 0.6) is 0 Å². The summed E-state index contributed by atoms with van der Waals surface area (Å²) in [5.74, 6) is 1.44. The molecule has 0 radical (unpaired) electrons. The first kappa shape index (κ1) is 18.0. The number of H-pyrrole nitrogens is 1. The minimum atomic E-state index is -0.0318. The maximum Gasteiger partial charge on any atom is 0.267 e. The lowest BCUT2D eigenvalue weighted by Crippen LogP contribution is -2.40. The molecule has 3 heterocycles. The monoisotopic (exact) mass is 387 g/mol. The second-order valence-corrected chi connectivity index (χ2v) is 7.97. The Balaban J connectivity index is 1.18. The summed E-state index contributed by atoms with van der Waals surface area (Å²) in [7, 11) is 0. The van der Waals surface area contributed by atoms with Crippen molar-refractivity contribution in [3.63, 3.8) is 0 Å². The average Bonchev–Trinajstić information content (AvgIpc) is 3.35. The van der Waals surface area contributed by atoms with Crippen LogP contribution in [0.15, 0.2) is 65.1 Å². The van der Waals surface area contributed by atoms with Crippen molar-refractivity contribution in [3.05, 3.63) is 72.1 Å². The summed E-state index contributed by atoms with van der Waals surface area (Å²) in [4.78, 5) is 18.2. The molecule has 5 heteroatoms. The fourth-order valence-corrected chi connectivity index (χ4v) is 4.32. The highest BCUT2D eigenvalue weighted by molar-refractivity contribution is 5.97. The molecule has 1 saturated heterocycles. The van der Waals surface area contributed by atoms with Gasteiger partial charge >= 0.3 is 0 Å². The average molecular weight is 387 g/mol. The summed E-state index contributed by atoms with van der Waals surface area (Å²) in [5, 5.41) is 5.33. The molecule has 0 spiro atoms. The lowest BCUT2D eigenvalue weighted by Gasteiger charge is -2.32. The zero-order valence-electron chi connectivity index (χ0n) is 16.4. The Morgan fingerprint density at radius 3 is 2.79 bits per heavy atom. The van der Waals surface area contributed by atoms with E-state index in [2.05, 4.69) is 27.3 Å². The van der Waals surface area contributed by atoms with E-state index in [1.165, 1.54) is 0 Å². The number of rotatable bonds is 5. The van der Waals surface area contributed by atoms with Gasteiger partial charge in [-0.3, -0.25) is 9.69 Å². The van der Waals surface area contributed by atoms with Crippen molar-refractivity contribution >= 4 is 27.8 Å². The van der Waals surface area contributed by atoms with E-state index in [0.717, 1.165) is 60.1 Å². The van der Waals surface area contributed by atoms with Gasteiger partial charge in [0, 0.05) is 29.4 Å². The number of hydrogen-bond acceptors (Lipinski definition) is 3. The van der Waals surface area contributed by atoms with Crippen LogP contribution in [-0.4, -0.2) is 35.4 Å². The van der Waals surface area contributed by atoms with E-state index in [4.69, 9.17) is 4.42 Å². The summed E-state index contributed by atoms with van der Waals surface area (Å²) in [6.45, 7) is 3.57. The molecular formula is C24H25N3O2.